The third-order valence-electron chi connectivity index (χ3n) is 3.63. The van der Waals surface area contributed by atoms with E-state index in [1.807, 2.05) is 26.0 Å². The van der Waals surface area contributed by atoms with Crippen LogP contribution in [0.1, 0.15) is 22.5 Å². The summed E-state index contributed by atoms with van der Waals surface area (Å²) in [5.41, 5.74) is 11.4. The van der Waals surface area contributed by atoms with Crippen molar-refractivity contribution in [2.45, 2.75) is 26.9 Å². The molecule has 2 N–H and O–H groups in total. The SMILES string of the molecule is COc1ccc(CN(C)c2cc(C)nc(C)c2CN)cc1. The molecule has 0 saturated heterocycles. The van der Waals surface area contributed by atoms with Gasteiger partial charge in [-0.25, -0.2) is 0 Å². The van der Waals surface area contributed by atoms with Crippen molar-refractivity contribution in [1.82, 2.24) is 4.98 Å². The molecule has 21 heavy (non-hydrogen) atoms. The molecule has 0 spiro atoms. The van der Waals surface area contributed by atoms with Crippen molar-refractivity contribution in [2.75, 3.05) is 19.1 Å². The number of ether oxygens (including phenoxy) is 1. The predicted octanol–water partition coefficient (Wildman–Crippen LogP) is 2.80. The normalized spacial score (nSPS) is 10.5. The molecule has 1 heterocycles. The van der Waals surface area contributed by atoms with E-state index in [1.54, 1.807) is 7.11 Å². The van der Waals surface area contributed by atoms with Gasteiger partial charge in [0.25, 0.3) is 0 Å². The zero-order chi connectivity index (χ0) is 15.4. The van der Waals surface area contributed by atoms with E-state index in [-0.39, 0.29) is 0 Å². The van der Waals surface area contributed by atoms with Gasteiger partial charge in [-0.15, -0.1) is 0 Å². The Hall–Kier alpha value is -2.07. The smallest absolute Gasteiger partial charge is 0.118 e. The number of nitrogens with zero attached hydrogens (tertiary/aromatic N) is 2. The van der Waals surface area contributed by atoms with E-state index in [9.17, 15) is 0 Å². The van der Waals surface area contributed by atoms with E-state index < -0.39 is 0 Å². The topological polar surface area (TPSA) is 51.4 Å². The second kappa shape index (κ2) is 6.59. The van der Waals surface area contributed by atoms with Crippen LogP contribution in [0, 0.1) is 13.8 Å². The van der Waals surface area contributed by atoms with Gasteiger partial charge in [-0.05, 0) is 37.6 Å². The molecule has 0 fully saturated rings. The first kappa shape index (κ1) is 15.3. The number of anilines is 1. The quantitative estimate of drug-likeness (QED) is 0.918. The number of benzene rings is 1. The van der Waals surface area contributed by atoms with Gasteiger partial charge in [0.2, 0.25) is 0 Å². The first-order valence-corrected chi connectivity index (χ1v) is 7.06. The average Bonchev–Trinajstić information content (AvgIpc) is 2.47. The summed E-state index contributed by atoms with van der Waals surface area (Å²) in [6, 6.07) is 10.2. The van der Waals surface area contributed by atoms with E-state index in [0.717, 1.165) is 34.9 Å². The summed E-state index contributed by atoms with van der Waals surface area (Å²) in [5, 5.41) is 0. The van der Waals surface area contributed by atoms with E-state index in [4.69, 9.17) is 10.5 Å². The van der Waals surface area contributed by atoms with Crippen LogP contribution in [0.2, 0.25) is 0 Å². The van der Waals surface area contributed by atoms with Crippen molar-refractivity contribution < 1.29 is 4.74 Å². The summed E-state index contributed by atoms with van der Waals surface area (Å²) in [6.45, 7) is 5.35. The Kier molecular flexibility index (Phi) is 4.81. The van der Waals surface area contributed by atoms with E-state index in [0.29, 0.717) is 6.54 Å². The molecule has 4 nitrogen and oxygen atoms in total. The molecule has 0 unspecified atom stereocenters. The zero-order valence-corrected chi connectivity index (χ0v) is 13.2. The van der Waals surface area contributed by atoms with Gasteiger partial charge in [0.15, 0.2) is 0 Å². The van der Waals surface area contributed by atoms with Crippen LogP contribution in [-0.4, -0.2) is 19.1 Å². The highest BCUT2D eigenvalue weighted by Gasteiger charge is 2.11. The summed E-state index contributed by atoms with van der Waals surface area (Å²) in [4.78, 5) is 6.71. The maximum absolute atomic E-state index is 5.89. The Morgan fingerprint density at radius 1 is 1.19 bits per heavy atom. The lowest BCUT2D eigenvalue weighted by Gasteiger charge is -2.24. The molecular weight excluding hydrogens is 262 g/mol. The fourth-order valence-electron chi connectivity index (χ4n) is 2.52. The molecule has 1 aromatic carbocycles. The number of aryl methyl sites for hydroxylation is 2. The third-order valence-corrected chi connectivity index (χ3v) is 3.63. The summed E-state index contributed by atoms with van der Waals surface area (Å²) in [6.07, 6.45) is 0. The number of methoxy groups -OCH3 is 1. The first-order valence-electron chi connectivity index (χ1n) is 7.06. The van der Waals surface area contributed by atoms with E-state index in [2.05, 4.69) is 35.1 Å². The van der Waals surface area contributed by atoms with Crippen LogP contribution in [-0.2, 0) is 13.1 Å². The first-order chi connectivity index (χ1) is 10.0. The highest BCUT2D eigenvalue weighted by Crippen LogP contribution is 2.24. The Morgan fingerprint density at radius 2 is 1.86 bits per heavy atom. The molecule has 0 bridgehead atoms. The molecule has 0 atom stereocenters. The second-order valence-corrected chi connectivity index (χ2v) is 5.25. The molecule has 112 valence electrons. The largest absolute Gasteiger partial charge is 0.497 e. The van der Waals surface area contributed by atoms with Crippen molar-refractivity contribution in [2.24, 2.45) is 5.73 Å². The van der Waals surface area contributed by atoms with Crippen molar-refractivity contribution in [3.05, 3.63) is 52.8 Å². The fraction of sp³-hybridized carbons (Fsp3) is 0.353. The standard InChI is InChI=1S/C17H23N3O/c1-12-9-17(16(10-18)13(2)19-12)20(3)11-14-5-7-15(21-4)8-6-14/h5-9H,10-11,18H2,1-4H3. The van der Waals surface area contributed by atoms with Gasteiger partial charge in [-0.2, -0.15) is 0 Å². The van der Waals surface area contributed by atoms with Crippen molar-refractivity contribution in [3.63, 3.8) is 0 Å². The van der Waals surface area contributed by atoms with Crippen molar-refractivity contribution >= 4 is 5.69 Å². The van der Waals surface area contributed by atoms with Gasteiger partial charge in [0.05, 0.1) is 7.11 Å². The molecule has 0 aliphatic rings. The van der Waals surface area contributed by atoms with Gasteiger partial charge in [0, 0.05) is 42.8 Å². The van der Waals surface area contributed by atoms with Gasteiger partial charge in [0.1, 0.15) is 5.75 Å². The summed E-state index contributed by atoms with van der Waals surface area (Å²) in [7, 11) is 3.76. The van der Waals surface area contributed by atoms with E-state index in [1.165, 1.54) is 5.56 Å². The van der Waals surface area contributed by atoms with Crippen LogP contribution >= 0.6 is 0 Å². The maximum Gasteiger partial charge on any atom is 0.118 e. The molecule has 2 rings (SSSR count). The van der Waals surface area contributed by atoms with E-state index >= 15 is 0 Å². The Morgan fingerprint density at radius 3 is 2.43 bits per heavy atom. The predicted molar refractivity (Wildman–Crippen MR) is 86.7 cm³/mol. The minimum atomic E-state index is 0.501. The minimum absolute atomic E-state index is 0.501. The molecule has 1 aromatic heterocycles. The molecular formula is C17H23N3O. The third kappa shape index (κ3) is 3.52. The molecule has 0 saturated carbocycles. The number of hydrogen-bond acceptors (Lipinski definition) is 4. The number of nitrogens with two attached hydrogens (primary N) is 1. The Labute approximate surface area is 126 Å². The highest BCUT2D eigenvalue weighted by molar-refractivity contribution is 5.56. The number of hydrogen-bond donors (Lipinski definition) is 1. The van der Waals surface area contributed by atoms with Crippen LogP contribution in [0.25, 0.3) is 0 Å². The lowest BCUT2D eigenvalue weighted by molar-refractivity contribution is 0.414. The van der Waals surface area contributed by atoms with Crippen LogP contribution in [0.3, 0.4) is 0 Å². The highest BCUT2D eigenvalue weighted by atomic mass is 16.5. The molecule has 0 radical (unpaired) electrons. The summed E-state index contributed by atoms with van der Waals surface area (Å²) in [5.74, 6) is 0.875. The van der Waals surface area contributed by atoms with Crippen molar-refractivity contribution in [3.8, 4) is 5.75 Å². The number of pyridine rings is 1. The van der Waals surface area contributed by atoms with Gasteiger partial charge >= 0.3 is 0 Å². The zero-order valence-electron chi connectivity index (χ0n) is 13.2. The number of aromatic nitrogens is 1. The monoisotopic (exact) mass is 285 g/mol. The molecule has 0 aliphatic heterocycles. The molecule has 2 aromatic rings. The Bertz CT molecular complexity index is 608. The average molecular weight is 285 g/mol. The van der Waals surface area contributed by atoms with Gasteiger partial charge in [-0.3, -0.25) is 4.98 Å². The van der Waals surface area contributed by atoms with Crippen LogP contribution in [0.15, 0.2) is 30.3 Å². The molecule has 4 heteroatoms. The fourth-order valence-corrected chi connectivity index (χ4v) is 2.52. The lowest BCUT2D eigenvalue weighted by Crippen LogP contribution is -2.20. The number of rotatable bonds is 5. The van der Waals surface area contributed by atoms with Crippen LogP contribution in [0.5, 0.6) is 5.75 Å². The van der Waals surface area contributed by atoms with Crippen LogP contribution < -0.4 is 15.4 Å². The summed E-state index contributed by atoms with van der Waals surface area (Å²) < 4.78 is 5.19. The Balaban J connectivity index is 2.25. The van der Waals surface area contributed by atoms with Gasteiger partial charge in [-0.1, -0.05) is 12.1 Å². The summed E-state index contributed by atoms with van der Waals surface area (Å²) >= 11 is 0. The van der Waals surface area contributed by atoms with Gasteiger partial charge < -0.3 is 15.4 Å². The minimum Gasteiger partial charge on any atom is -0.497 e. The lowest BCUT2D eigenvalue weighted by atomic mass is 10.1. The van der Waals surface area contributed by atoms with Crippen LogP contribution in [0.4, 0.5) is 5.69 Å². The second-order valence-electron chi connectivity index (χ2n) is 5.25. The maximum atomic E-state index is 5.89. The molecule has 0 aliphatic carbocycles. The van der Waals surface area contributed by atoms with Crippen molar-refractivity contribution in [1.29, 1.82) is 0 Å². The molecule has 0 amide bonds.